The van der Waals surface area contributed by atoms with Gasteiger partial charge in [-0.1, -0.05) is 11.6 Å². The third-order valence-electron chi connectivity index (χ3n) is 6.23. The predicted molar refractivity (Wildman–Crippen MR) is 144 cm³/mol. The van der Waals surface area contributed by atoms with Crippen molar-refractivity contribution in [3.05, 3.63) is 40.2 Å². The number of benzene rings is 1. The molecule has 0 amide bonds. The van der Waals surface area contributed by atoms with E-state index in [0.29, 0.717) is 40.0 Å². The Morgan fingerprint density at radius 1 is 1.28 bits per heavy atom. The van der Waals surface area contributed by atoms with E-state index < -0.39 is 6.10 Å². The quantitative estimate of drug-likeness (QED) is 0.275. The number of piperidine rings is 1. The Morgan fingerprint density at radius 3 is 2.56 bits per heavy atom. The number of anilines is 1. The van der Waals surface area contributed by atoms with Crippen LogP contribution in [0.3, 0.4) is 0 Å². The van der Waals surface area contributed by atoms with E-state index in [1.807, 2.05) is 6.92 Å². The van der Waals surface area contributed by atoms with Gasteiger partial charge >= 0.3 is 0 Å². The maximum absolute atomic E-state index is 10.4. The lowest BCUT2D eigenvalue weighted by Crippen LogP contribution is -2.37. The molecule has 0 unspecified atom stereocenters. The summed E-state index contributed by atoms with van der Waals surface area (Å²) in [4.78, 5) is 11.9. The van der Waals surface area contributed by atoms with Crippen molar-refractivity contribution in [2.75, 3.05) is 45.3 Å². The zero-order chi connectivity index (χ0) is 26.4. The Bertz CT molecular complexity index is 1110. The van der Waals surface area contributed by atoms with Crippen molar-refractivity contribution in [3.63, 3.8) is 0 Å². The van der Waals surface area contributed by atoms with Crippen LogP contribution in [0, 0.1) is 12.3 Å². The number of aromatic nitrogens is 2. The number of methoxy groups -OCH3 is 1. The number of ether oxygens (including phenoxy) is 2. The largest absolute Gasteiger partial charge is 0.512 e. The van der Waals surface area contributed by atoms with Crippen LogP contribution in [0.2, 0.25) is 5.02 Å². The van der Waals surface area contributed by atoms with E-state index in [0.717, 1.165) is 37.3 Å². The Hall–Kier alpha value is -2.72. The Labute approximate surface area is 217 Å². The maximum Gasteiger partial charge on any atom is 0.163 e. The van der Waals surface area contributed by atoms with E-state index in [9.17, 15) is 10.2 Å². The van der Waals surface area contributed by atoms with E-state index in [1.165, 1.54) is 0 Å². The summed E-state index contributed by atoms with van der Waals surface area (Å²) >= 11 is 6.59. The molecule has 1 fully saturated rings. The average Bonchev–Trinajstić information content (AvgIpc) is 2.84. The van der Waals surface area contributed by atoms with Crippen LogP contribution in [0.1, 0.15) is 37.9 Å². The van der Waals surface area contributed by atoms with Crippen LogP contribution in [0.4, 0.5) is 5.82 Å². The molecule has 0 radical (unpaired) electrons. The molecule has 1 aromatic heterocycles. The molecule has 1 aliphatic rings. The fraction of sp³-hybridized carbons (Fsp3) is 0.500. The SMILES string of the molecule is CNC[C@@H](O)COc1ccc(Cl)c(-c2nc(/C(C(C)=N)=C(\C)O)c(C)c(N3CCC(OC)CC3)n2)c1. The van der Waals surface area contributed by atoms with Gasteiger partial charge in [0.15, 0.2) is 5.82 Å². The number of aliphatic hydroxyl groups excluding tert-OH is 2. The van der Waals surface area contributed by atoms with E-state index in [4.69, 9.17) is 36.5 Å². The molecule has 0 aliphatic carbocycles. The van der Waals surface area contributed by atoms with Crippen LogP contribution in [-0.4, -0.2) is 78.5 Å². The van der Waals surface area contributed by atoms with Gasteiger partial charge in [-0.3, -0.25) is 0 Å². The third kappa shape index (κ3) is 6.53. The number of rotatable bonds is 10. The summed E-state index contributed by atoms with van der Waals surface area (Å²) in [7, 11) is 3.49. The first-order chi connectivity index (χ1) is 17.2. The summed E-state index contributed by atoms with van der Waals surface area (Å²) in [5, 5.41) is 32.1. The monoisotopic (exact) mass is 517 g/mol. The van der Waals surface area contributed by atoms with Gasteiger partial charge in [0.2, 0.25) is 0 Å². The van der Waals surface area contributed by atoms with Crippen LogP contribution < -0.4 is 15.0 Å². The molecule has 0 saturated carbocycles. The van der Waals surface area contributed by atoms with Gasteiger partial charge in [0, 0.05) is 43.6 Å². The molecule has 2 aromatic rings. The molecule has 36 heavy (non-hydrogen) atoms. The molecule has 0 bridgehead atoms. The van der Waals surface area contributed by atoms with Gasteiger partial charge in [-0.05, 0) is 58.9 Å². The number of aliphatic hydroxyl groups is 2. The van der Waals surface area contributed by atoms with Gasteiger partial charge in [0.05, 0.1) is 22.4 Å². The molecule has 10 heteroatoms. The van der Waals surface area contributed by atoms with Crippen molar-refractivity contribution >= 4 is 28.7 Å². The number of nitrogens with zero attached hydrogens (tertiary/aromatic N) is 3. The molecule has 0 spiro atoms. The van der Waals surface area contributed by atoms with Gasteiger partial charge in [-0.15, -0.1) is 0 Å². The first-order valence-electron chi connectivity index (χ1n) is 12.0. The predicted octanol–water partition coefficient (Wildman–Crippen LogP) is 4.01. The first kappa shape index (κ1) is 27.9. The second-order valence-electron chi connectivity index (χ2n) is 9.02. The summed E-state index contributed by atoms with van der Waals surface area (Å²) in [6.07, 6.45) is 1.29. The summed E-state index contributed by atoms with van der Waals surface area (Å²) in [6, 6.07) is 5.18. The molecule has 1 aliphatic heterocycles. The highest BCUT2D eigenvalue weighted by molar-refractivity contribution is 6.33. The number of likely N-dealkylation sites (N-methyl/N-ethyl adjacent to an activating group) is 1. The van der Waals surface area contributed by atoms with Gasteiger partial charge in [0.1, 0.15) is 30.0 Å². The minimum atomic E-state index is -0.659. The maximum atomic E-state index is 10.4. The van der Waals surface area contributed by atoms with Crippen molar-refractivity contribution in [2.45, 2.75) is 45.8 Å². The second-order valence-corrected chi connectivity index (χ2v) is 9.42. The number of hydrogen-bond acceptors (Lipinski definition) is 9. The normalized spacial score (nSPS) is 16.0. The van der Waals surface area contributed by atoms with E-state index >= 15 is 0 Å². The number of nitrogens with one attached hydrogen (secondary N) is 2. The molecule has 1 atom stereocenters. The van der Waals surface area contributed by atoms with Gasteiger partial charge in [-0.25, -0.2) is 9.97 Å². The Balaban J connectivity index is 2.10. The lowest BCUT2D eigenvalue weighted by molar-refractivity contribution is 0.0818. The van der Waals surface area contributed by atoms with Gasteiger partial charge in [-0.2, -0.15) is 0 Å². The van der Waals surface area contributed by atoms with Crippen molar-refractivity contribution < 1.29 is 19.7 Å². The van der Waals surface area contributed by atoms with Crippen molar-refractivity contribution in [2.24, 2.45) is 0 Å². The molecule has 1 aromatic carbocycles. The molecular weight excluding hydrogens is 482 g/mol. The van der Waals surface area contributed by atoms with Crippen molar-refractivity contribution in [3.8, 4) is 17.1 Å². The van der Waals surface area contributed by atoms with Crippen molar-refractivity contribution in [1.82, 2.24) is 15.3 Å². The topological polar surface area (TPSA) is 124 Å². The Kier molecular flexibility index (Phi) is 9.67. The molecule has 4 N–H and O–H groups in total. The summed E-state index contributed by atoms with van der Waals surface area (Å²) in [6.45, 7) is 7.13. The van der Waals surface area contributed by atoms with Crippen LogP contribution in [0.5, 0.6) is 5.75 Å². The minimum Gasteiger partial charge on any atom is -0.512 e. The van der Waals surface area contributed by atoms with Gasteiger partial charge < -0.3 is 35.3 Å². The molecule has 1 saturated heterocycles. The second kappa shape index (κ2) is 12.5. The zero-order valence-electron chi connectivity index (χ0n) is 21.6. The smallest absolute Gasteiger partial charge is 0.163 e. The van der Waals surface area contributed by atoms with Crippen molar-refractivity contribution in [1.29, 1.82) is 5.41 Å². The lowest BCUT2D eigenvalue weighted by Gasteiger charge is -2.33. The molecule has 2 heterocycles. The van der Waals surface area contributed by atoms with Crippen LogP contribution >= 0.6 is 11.6 Å². The zero-order valence-corrected chi connectivity index (χ0v) is 22.3. The van der Waals surface area contributed by atoms with E-state index in [-0.39, 0.29) is 24.2 Å². The van der Waals surface area contributed by atoms with E-state index in [2.05, 4.69) is 10.2 Å². The summed E-state index contributed by atoms with van der Waals surface area (Å²) in [5.41, 5.74) is 2.40. The minimum absolute atomic E-state index is 0.0148. The first-order valence-corrected chi connectivity index (χ1v) is 12.4. The van der Waals surface area contributed by atoms with Crippen LogP contribution in [0.25, 0.3) is 17.0 Å². The number of halogens is 1. The fourth-order valence-electron chi connectivity index (χ4n) is 4.35. The highest BCUT2D eigenvalue weighted by Gasteiger charge is 2.26. The summed E-state index contributed by atoms with van der Waals surface area (Å²) < 4.78 is 11.3. The number of allylic oxidation sites excluding steroid dienone is 2. The third-order valence-corrected chi connectivity index (χ3v) is 6.56. The van der Waals surface area contributed by atoms with Crippen LogP contribution in [0.15, 0.2) is 24.0 Å². The Morgan fingerprint density at radius 2 is 1.97 bits per heavy atom. The lowest BCUT2D eigenvalue weighted by atomic mass is 10.0. The standard InChI is InChI=1S/C26H36ClN5O4/c1-15-24(23(16(2)28)17(3)33)30-25(31-26(15)32-10-8-19(35-5)9-11-32)21-12-20(6-7-22(21)27)36-14-18(34)13-29-4/h6-7,12,18-19,28-29,33-34H,8-11,13-14H2,1-5H3/b23-17+,28-16?/t18-/m1/s1. The number of hydrogen-bond donors (Lipinski definition) is 4. The van der Waals surface area contributed by atoms with Crippen LogP contribution in [-0.2, 0) is 4.74 Å². The highest BCUT2D eigenvalue weighted by atomic mass is 35.5. The molecule has 196 valence electrons. The van der Waals surface area contributed by atoms with E-state index in [1.54, 1.807) is 46.2 Å². The summed E-state index contributed by atoms with van der Waals surface area (Å²) in [5.74, 6) is 1.64. The average molecular weight is 518 g/mol. The molecular formula is C26H36ClN5O4. The molecule has 3 rings (SSSR count). The van der Waals surface area contributed by atoms with Gasteiger partial charge in [0.25, 0.3) is 0 Å². The molecule has 9 nitrogen and oxygen atoms in total. The highest BCUT2D eigenvalue weighted by Crippen LogP contribution is 2.35. The fourth-order valence-corrected chi connectivity index (χ4v) is 4.55.